The van der Waals surface area contributed by atoms with E-state index in [2.05, 4.69) is 51.1 Å². The maximum absolute atomic E-state index is 11.0. The van der Waals surface area contributed by atoms with Gasteiger partial charge in [-0.15, -0.1) is 0 Å². The smallest absolute Gasteiger partial charge is 0.309 e. The standard InChI is InChI=1S/C10H14.C9H18O2.C5H8O2.6CH4/c1-3-9(2)10-7-5-4-6-8-10;1-4-6-7-11-9(10)8(3)5-2;1-5(2-3-5)4(6)7;;;;;;/h4-9H,3H2,1-2H3;8H,4-7H2,1-3H3;2-3H2,1H3,(H,6,7);6*1H4. The minimum Gasteiger partial charge on any atom is -0.481 e. The summed E-state index contributed by atoms with van der Waals surface area (Å²) in [6, 6.07) is 10.6. The number of rotatable bonds is 8. The van der Waals surface area contributed by atoms with Crippen molar-refractivity contribution in [2.75, 3.05) is 6.61 Å². The molecule has 0 spiro atoms. The predicted octanol–water partition coefficient (Wildman–Crippen LogP) is 10.3. The van der Waals surface area contributed by atoms with Gasteiger partial charge in [0.05, 0.1) is 17.9 Å². The van der Waals surface area contributed by atoms with Crippen LogP contribution in [0.25, 0.3) is 0 Å². The fourth-order valence-corrected chi connectivity index (χ4v) is 2.04. The van der Waals surface area contributed by atoms with Crippen molar-refractivity contribution in [2.45, 2.75) is 131 Å². The molecule has 1 aromatic rings. The normalized spacial score (nSPS) is 12.9. The molecule has 1 fully saturated rings. The van der Waals surface area contributed by atoms with Crippen LogP contribution in [0.5, 0.6) is 0 Å². The van der Waals surface area contributed by atoms with Gasteiger partial charge in [-0.05, 0) is 50.5 Å². The highest BCUT2D eigenvalue weighted by Crippen LogP contribution is 2.44. The molecule has 0 bridgehead atoms. The number of benzene rings is 1. The lowest BCUT2D eigenvalue weighted by Gasteiger charge is -2.07. The van der Waals surface area contributed by atoms with Gasteiger partial charge in [0.15, 0.2) is 0 Å². The van der Waals surface area contributed by atoms with E-state index in [1.807, 2.05) is 13.8 Å². The Morgan fingerprint density at radius 3 is 1.68 bits per heavy atom. The summed E-state index contributed by atoms with van der Waals surface area (Å²) in [4.78, 5) is 21.1. The molecule has 0 heterocycles. The van der Waals surface area contributed by atoms with Crippen LogP contribution in [0.1, 0.15) is 136 Å². The van der Waals surface area contributed by atoms with E-state index < -0.39 is 5.97 Å². The zero-order chi connectivity index (χ0) is 21.6. The number of carbonyl (C=O) groups is 2. The molecule has 208 valence electrons. The Balaban J connectivity index is -0.0000000600. The lowest BCUT2D eigenvalue weighted by Crippen LogP contribution is -2.14. The summed E-state index contributed by atoms with van der Waals surface area (Å²) in [5, 5.41) is 8.31. The van der Waals surface area contributed by atoms with Crippen LogP contribution in [0.2, 0.25) is 0 Å². The number of hydrogen-bond acceptors (Lipinski definition) is 3. The van der Waals surface area contributed by atoms with Crippen molar-refractivity contribution in [1.29, 1.82) is 0 Å². The lowest BCUT2D eigenvalue weighted by atomic mass is 9.99. The Hall–Kier alpha value is -1.84. The average Bonchev–Trinajstić information content (AvgIpc) is 3.47. The Bertz CT molecular complexity index is 550. The first-order valence-corrected chi connectivity index (χ1v) is 10.7. The van der Waals surface area contributed by atoms with Gasteiger partial charge >= 0.3 is 11.9 Å². The molecule has 2 rings (SSSR count). The van der Waals surface area contributed by atoms with Gasteiger partial charge in [-0.1, -0.05) is 116 Å². The molecule has 2 atom stereocenters. The second-order valence-corrected chi connectivity index (χ2v) is 7.92. The van der Waals surface area contributed by atoms with Crippen molar-refractivity contribution in [3.05, 3.63) is 35.9 Å². The molecular weight excluding hydrogens is 424 g/mol. The fourth-order valence-electron chi connectivity index (χ4n) is 2.04. The first kappa shape index (κ1) is 49.3. The molecule has 2 unspecified atom stereocenters. The minimum absolute atomic E-state index is 0. The van der Waals surface area contributed by atoms with E-state index in [9.17, 15) is 9.59 Å². The van der Waals surface area contributed by atoms with Crippen molar-refractivity contribution in [3.8, 4) is 0 Å². The van der Waals surface area contributed by atoms with Gasteiger partial charge in [0.2, 0.25) is 0 Å². The maximum atomic E-state index is 11.0. The van der Waals surface area contributed by atoms with E-state index >= 15 is 0 Å². The molecule has 0 aromatic heterocycles. The molecule has 0 aliphatic heterocycles. The summed E-state index contributed by atoms with van der Waals surface area (Å²) in [5.41, 5.74) is 1.12. The third kappa shape index (κ3) is 22.0. The van der Waals surface area contributed by atoms with Gasteiger partial charge in [0.1, 0.15) is 0 Å². The number of esters is 1. The molecule has 1 N–H and O–H groups in total. The zero-order valence-electron chi connectivity index (χ0n) is 18.7. The second-order valence-electron chi connectivity index (χ2n) is 7.92. The number of carbonyl (C=O) groups excluding carboxylic acids is 1. The summed E-state index contributed by atoms with van der Waals surface area (Å²) in [6.45, 7) is 12.8. The van der Waals surface area contributed by atoms with E-state index in [0.717, 1.165) is 32.1 Å². The predicted molar refractivity (Wildman–Crippen MR) is 156 cm³/mol. The van der Waals surface area contributed by atoms with Gasteiger partial charge in [-0.2, -0.15) is 0 Å². The second kappa shape index (κ2) is 27.4. The van der Waals surface area contributed by atoms with Crippen molar-refractivity contribution in [1.82, 2.24) is 0 Å². The largest absolute Gasteiger partial charge is 0.481 e. The van der Waals surface area contributed by atoms with Crippen molar-refractivity contribution in [2.24, 2.45) is 11.3 Å². The lowest BCUT2D eigenvalue weighted by molar-refractivity contribution is -0.148. The number of ether oxygens (including phenoxy) is 1. The Morgan fingerprint density at radius 1 is 0.912 bits per heavy atom. The van der Waals surface area contributed by atoms with Crippen LogP contribution in [-0.4, -0.2) is 23.7 Å². The monoisotopic (exact) mass is 488 g/mol. The highest BCUT2D eigenvalue weighted by Gasteiger charge is 2.44. The summed E-state index contributed by atoms with van der Waals surface area (Å²) in [5.74, 6) is 0.0708. The molecule has 1 saturated carbocycles. The Morgan fingerprint density at radius 2 is 1.38 bits per heavy atom. The molecule has 4 nitrogen and oxygen atoms in total. The van der Waals surface area contributed by atoms with Gasteiger partial charge in [-0.25, -0.2) is 0 Å². The maximum Gasteiger partial charge on any atom is 0.309 e. The highest BCUT2D eigenvalue weighted by atomic mass is 16.5. The van der Waals surface area contributed by atoms with Crippen LogP contribution < -0.4 is 0 Å². The number of hydrogen-bond donors (Lipinski definition) is 1. The number of aliphatic carboxylic acids is 1. The zero-order valence-corrected chi connectivity index (χ0v) is 18.7. The number of carboxylic acids is 1. The topological polar surface area (TPSA) is 63.6 Å². The summed E-state index contributed by atoms with van der Waals surface area (Å²) >= 11 is 0. The van der Waals surface area contributed by atoms with Crippen LogP contribution in [0.3, 0.4) is 0 Å². The third-order valence-electron chi connectivity index (χ3n) is 5.25. The molecule has 4 heteroatoms. The first-order chi connectivity index (χ1) is 13.2. The molecule has 1 aliphatic rings. The number of carboxylic acid groups (broad SMARTS) is 1. The van der Waals surface area contributed by atoms with E-state index in [4.69, 9.17) is 9.84 Å². The van der Waals surface area contributed by atoms with Crippen molar-refractivity contribution >= 4 is 11.9 Å². The molecule has 0 radical (unpaired) electrons. The van der Waals surface area contributed by atoms with Crippen LogP contribution in [0, 0.1) is 11.3 Å². The number of unbranched alkanes of at least 4 members (excludes halogenated alkanes) is 1. The SMILES string of the molecule is C.C.C.C.C.C.CC1(C(=O)O)CC1.CCC(C)c1ccccc1.CCCCOC(=O)C(C)CC. The third-order valence-corrected chi connectivity index (χ3v) is 5.25. The highest BCUT2D eigenvalue weighted by molar-refractivity contribution is 5.77. The van der Waals surface area contributed by atoms with Crippen LogP contribution in [-0.2, 0) is 14.3 Å². The van der Waals surface area contributed by atoms with Crippen molar-refractivity contribution in [3.63, 3.8) is 0 Å². The van der Waals surface area contributed by atoms with Gasteiger partial charge in [0, 0.05) is 0 Å². The van der Waals surface area contributed by atoms with E-state index in [0.29, 0.717) is 12.5 Å². The Kier molecular flexibility index (Phi) is 39.8. The molecule has 0 saturated heterocycles. The quantitative estimate of drug-likeness (QED) is 0.292. The van der Waals surface area contributed by atoms with E-state index in [1.165, 1.54) is 12.0 Å². The average molecular weight is 489 g/mol. The van der Waals surface area contributed by atoms with Crippen LogP contribution >= 0.6 is 0 Å². The Labute approximate surface area is 215 Å². The molecule has 34 heavy (non-hydrogen) atoms. The van der Waals surface area contributed by atoms with Crippen LogP contribution in [0.4, 0.5) is 0 Å². The van der Waals surface area contributed by atoms with Gasteiger partial charge in [-0.3, -0.25) is 9.59 Å². The first-order valence-electron chi connectivity index (χ1n) is 10.7. The van der Waals surface area contributed by atoms with E-state index in [1.54, 1.807) is 6.92 Å². The molecule has 0 amide bonds. The summed E-state index contributed by atoms with van der Waals surface area (Å²) in [7, 11) is 0. The summed E-state index contributed by atoms with van der Waals surface area (Å²) in [6.07, 6.45) is 5.87. The molecule has 1 aliphatic carbocycles. The van der Waals surface area contributed by atoms with E-state index in [-0.39, 0.29) is 61.9 Å². The summed E-state index contributed by atoms with van der Waals surface area (Å²) < 4.78 is 5.00. The fraction of sp³-hybridized carbons (Fsp3) is 0.733. The van der Waals surface area contributed by atoms with Gasteiger partial charge < -0.3 is 9.84 Å². The van der Waals surface area contributed by atoms with Gasteiger partial charge in [0.25, 0.3) is 0 Å². The minimum atomic E-state index is -0.646. The molecule has 1 aromatic carbocycles. The van der Waals surface area contributed by atoms with Crippen LogP contribution in [0.15, 0.2) is 30.3 Å². The van der Waals surface area contributed by atoms with Crippen molar-refractivity contribution < 1.29 is 19.4 Å². The molecular formula is C30H64O4.